The van der Waals surface area contributed by atoms with E-state index in [1.165, 1.54) is 0 Å². The van der Waals surface area contributed by atoms with Crippen LogP contribution in [-0.4, -0.2) is 15.7 Å². The molecule has 23 heavy (non-hydrogen) atoms. The molecule has 124 valence electrons. The maximum atomic E-state index is 12.5. The number of aromatic nitrogens is 2. The minimum absolute atomic E-state index is 0.265. The van der Waals surface area contributed by atoms with Gasteiger partial charge in [-0.05, 0) is 30.2 Å². The summed E-state index contributed by atoms with van der Waals surface area (Å²) in [6.07, 6.45) is -2.77. The molecule has 0 aliphatic carbocycles. The second kappa shape index (κ2) is 7.04. The molecule has 0 aliphatic rings. The zero-order chi connectivity index (χ0) is 17.0. The lowest BCUT2D eigenvalue weighted by molar-refractivity contribution is -0.141. The highest BCUT2D eigenvalue weighted by Crippen LogP contribution is 2.27. The Labute approximate surface area is 136 Å². The molecule has 8 heteroatoms. The van der Waals surface area contributed by atoms with Crippen molar-refractivity contribution in [2.24, 2.45) is 0 Å². The largest absolute Gasteiger partial charge is 0.435 e. The van der Waals surface area contributed by atoms with E-state index in [2.05, 4.69) is 10.4 Å². The van der Waals surface area contributed by atoms with E-state index in [1.54, 1.807) is 18.2 Å². The minimum Gasteiger partial charge on any atom is -0.348 e. The van der Waals surface area contributed by atoms with Crippen molar-refractivity contribution in [3.05, 3.63) is 52.8 Å². The molecule has 4 nitrogen and oxygen atoms in total. The van der Waals surface area contributed by atoms with Crippen molar-refractivity contribution >= 4 is 17.5 Å². The number of nitrogens with zero attached hydrogens (tertiary/aromatic N) is 2. The van der Waals surface area contributed by atoms with Crippen LogP contribution in [0.15, 0.2) is 36.5 Å². The quantitative estimate of drug-likeness (QED) is 0.895. The number of carbonyl (C=O) groups excluding carboxylic acids is 1. The maximum Gasteiger partial charge on any atom is 0.435 e. The molecule has 0 radical (unpaired) electrons. The first-order valence-electron chi connectivity index (χ1n) is 6.95. The first kappa shape index (κ1) is 17.3. The lowest BCUT2D eigenvalue weighted by atomic mass is 10.0. The molecule has 0 saturated carbocycles. The summed E-state index contributed by atoms with van der Waals surface area (Å²) in [7, 11) is 0. The first-order chi connectivity index (χ1) is 10.8. The summed E-state index contributed by atoms with van der Waals surface area (Å²) in [6, 6.07) is 7.64. The van der Waals surface area contributed by atoms with Gasteiger partial charge in [-0.3, -0.25) is 9.48 Å². The predicted molar refractivity (Wildman–Crippen MR) is 79.9 cm³/mol. The normalized spacial score (nSPS) is 12.9. The Morgan fingerprint density at radius 3 is 2.70 bits per heavy atom. The van der Waals surface area contributed by atoms with E-state index in [0.717, 1.165) is 22.5 Å². The average Bonchev–Trinajstić information content (AvgIpc) is 2.93. The topological polar surface area (TPSA) is 46.9 Å². The maximum absolute atomic E-state index is 12.5. The Morgan fingerprint density at radius 2 is 2.13 bits per heavy atom. The number of hydrogen-bond donors (Lipinski definition) is 1. The van der Waals surface area contributed by atoms with Gasteiger partial charge in [-0.15, -0.1) is 0 Å². The number of halogens is 4. The van der Waals surface area contributed by atoms with Crippen LogP contribution in [0.4, 0.5) is 13.2 Å². The molecule has 0 unspecified atom stereocenters. The van der Waals surface area contributed by atoms with E-state index >= 15 is 0 Å². The summed E-state index contributed by atoms with van der Waals surface area (Å²) in [4.78, 5) is 12.0. The fourth-order valence-electron chi connectivity index (χ4n) is 2.13. The van der Waals surface area contributed by atoms with Crippen LogP contribution in [0.1, 0.15) is 30.6 Å². The number of nitrogens with one attached hydrogen (secondary N) is 1. The molecule has 1 aromatic carbocycles. The van der Waals surface area contributed by atoms with Crippen LogP contribution in [0.25, 0.3) is 0 Å². The summed E-state index contributed by atoms with van der Waals surface area (Å²) in [5.41, 5.74) is -0.183. The molecule has 0 saturated heterocycles. The number of amides is 1. The molecule has 1 N–H and O–H groups in total. The van der Waals surface area contributed by atoms with Crippen molar-refractivity contribution in [3.63, 3.8) is 0 Å². The number of benzene rings is 1. The van der Waals surface area contributed by atoms with Gasteiger partial charge in [-0.1, -0.05) is 30.7 Å². The molecule has 1 atom stereocenters. The molecule has 1 aromatic heterocycles. The Hall–Kier alpha value is -2.02. The highest BCUT2D eigenvalue weighted by atomic mass is 35.5. The van der Waals surface area contributed by atoms with Crippen molar-refractivity contribution in [3.8, 4) is 0 Å². The lowest BCUT2D eigenvalue weighted by Crippen LogP contribution is -2.31. The van der Waals surface area contributed by atoms with Gasteiger partial charge in [0.2, 0.25) is 5.91 Å². The summed E-state index contributed by atoms with van der Waals surface area (Å²) >= 11 is 5.92. The first-order valence-corrected chi connectivity index (χ1v) is 7.33. The van der Waals surface area contributed by atoms with Crippen LogP contribution in [0.2, 0.25) is 5.02 Å². The van der Waals surface area contributed by atoms with E-state index in [0.29, 0.717) is 11.4 Å². The molecule has 0 bridgehead atoms. The van der Waals surface area contributed by atoms with Gasteiger partial charge in [0.1, 0.15) is 6.54 Å². The van der Waals surface area contributed by atoms with Gasteiger partial charge in [0.25, 0.3) is 0 Å². The van der Waals surface area contributed by atoms with Crippen molar-refractivity contribution < 1.29 is 18.0 Å². The highest BCUT2D eigenvalue weighted by Gasteiger charge is 2.33. The van der Waals surface area contributed by atoms with E-state index in [-0.39, 0.29) is 12.6 Å². The molecule has 0 fully saturated rings. The molecule has 1 heterocycles. The molecule has 2 rings (SSSR count). The molecule has 0 spiro atoms. The van der Waals surface area contributed by atoms with Crippen molar-refractivity contribution in [1.29, 1.82) is 0 Å². The monoisotopic (exact) mass is 345 g/mol. The van der Waals surface area contributed by atoms with Crippen molar-refractivity contribution in [2.75, 3.05) is 0 Å². The van der Waals surface area contributed by atoms with E-state index < -0.39 is 17.8 Å². The molecule has 2 aromatic rings. The molecular weight excluding hydrogens is 331 g/mol. The van der Waals surface area contributed by atoms with Gasteiger partial charge >= 0.3 is 6.18 Å². The summed E-state index contributed by atoms with van der Waals surface area (Å²) in [6.45, 7) is 1.61. The van der Waals surface area contributed by atoms with Crippen molar-refractivity contribution in [1.82, 2.24) is 15.1 Å². The average molecular weight is 346 g/mol. The zero-order valence-electron chi connectivity index (χ0n) is 12.3. The van der Waals surface area contributed by atoms with E-state index in [9.17, 15) is 18.0 Å². The van der Waals surface area contributed by atoms with Crippen LogP contribution in [0.5, 0.6) is 0 Å². The summed E-state index contributed by atoms with van der Waals surface area (Å²) in [5.74, 6) is -0.423. The van der Waals surface area contributed by atoms with Gasteiger partial charge in [0.15, 0.2) is 5.69 Å². The second-order valence-electron chi connectivity index (χ2n) is 4.98. The Kier molecular flexibility index (Phi) is 5.30. The van der Waals surface area contributed by atoms with E-state index in [1.807, 2.05) is 13.0 Å². The van der Waals surface area contributed by atoms with Gasteiger partial charge in [0, 0.05) is 11.2 Å². The van der Waals surface area contributed by atoms with E-state index in [4.69, 9.17) is 11.6 Å². The van der Waals surface area contributed by atoms with Crippen molar-refractivity contribution in [2.45, 2.75) is 32.1 Å². The standard InChI is InChI=1S/C15H15ClF3N3O/c1-2-12(10-4-3-5-11(16)8-10)20-14(23)9-22-7-6-13(21-22)15(17,18)19/h3-8,12H,2,9H2,1H3,(H,20,23)/t12-/m1/s1. The lowest BCUT2D eigenvalue weighted by Gasteiger charge is -2.17. The Morgan fingerprint density at radius 1 is 1.39 bits per heavy atom. The van der Waals surface area contributed by atoms with Gasteiger partial charge < -0.3 is 5.32 Å². The summed E-state index contributed by atoms with van der Waals surface area (Å²) < 4.78 is 38.4. The third-order valence-electron chi connectivity index (χ3n) is 3.23. The van der Waals surface area contributed by atoms with Crippen LogP contribution in [0, 0.1) is 0 Å². The third kappa shape index (κ3) is 4.72. The minimum atomic E-state index is -4.52. The van der Waals surface area contributed by atoms with Gasteiger partial charge in [-0.25, -0.2) is 0 Å². The fourth-order valence-corrected chi connectivity index (χ4v) is 2.33. The Bertz CT molecular complexity index is 685. The van der Waals surface area contributed by atoms with Crippen LogP contribution in [0.3, 0.4) is 0 Å². The zero-order valence-corrected chi connectivity index (χ0v) is 13.0. The smallest absolute Gasteiger partial charge is 0.348 e. The predicted octanol–water partition coefficient (Wildman–Crippen LogP) is 3.82. The number of hydrogen-bond acceptors (Lipinski definition) is 2. The number of rotatable bonds is 5. The van der Waals surface area contributed by atoms with Gasteiger partial charge in [0.05, 0.1) is 6.04 Å². The van der Waals surface area contributed by atoms with Crippen LogP contribution >= 0.6 is 11.6 Å². The highest BCUT2D eigenvalue weighted by molar-refractivity contribution is 6.30. The molecular formula is C15H15ClF3N3O. The molecule has 1 amide bonds. The second-order valence-corrected chi connectivity index (χ2v) is 5.42. The van der Waals surface area contributed by atoms with Crippen LogP contribution < -0.4 is 5.32 Å². The SMILES string of the molecule is CC[C@@H](NC(=O)Cn1ccc(C(F)(F)F)n1)c1cccc(Cl)c1. The van der Waals surface area contributed by atoms with Crippen LogP contribution in [-0.2, 0) is 17.5 Å². The third-order valence-corrected chi connectivity index (χ3v) is 3.47. The molecule has 0 aliphatic heterocycles. The fraction of sp³-hybridized carbons (Fsp3) is 0.333. The number of alkyl halides is 3. The van der Waals surface area contributed by atoms with Gasteiger partial charge in [-0.2, -0.15) is 18.3 Å². The Balaban J connectivity index is 2.02. The summed E-state index contributed by atoms with van der Waals surface area (Å²) in [5, 5.41) is 6.67. The number of carbonyl (C=O) groups is 1.